The number of aryl methyl sites for hydroxylation is 1. The topological polar surface area (TPSA) is 29.9 Å². The van der Waals surface area contributed by atoms with Gasteiger partial charge in [0.25, 0.3) is 0 Å². The number of nitrogens with zero attached hydrogens (tertiary/aromatic N) is 2. The van der Waals surface area contributed by atoms with Crippen molar-refractivity contribution in [2.45, 2.75) is 53.6 Å². The Hall–Kier alpha value is -0.830. The van der Waals surface area contributed by atoms with Gasteiger partial charge in [-0.3, -0.25) is 0 Å². The van der Waals surface area contributed by atoms with E-state index < -0.39 is 0 Å². The van der Waals surface area contributed by atoms with E-state index in [1.807, 2.05) is 6.33 Å². The summed E-state index contributed by atoms with van der Waals surface area (Å²) in [7, 11) is 0. The van der Waals surface area contributed by atoms with Crippen molar-refractivity contribution < 1.29 is 0 Å². The molecule has 0 aliphatic heterocycles. The lowest BCUT2D eigenvalue weighted by molar-refractivity contribution is 0.341. The van der Waals surface area contributed by atoms with Crippen LogP contribution in [0.5, 0.6) is 0 Å². The first-order chi connectivity index (χ1) is 7.43. The summed E-state index contributed by atoms with van der Waals surface area (Å²) < 4.78 is 2.30. The van der Waals surface area contributed by atoms with Crippen LogP contribution in [0, 0.1) is 19.8 Å². The number of hydrogen-bond acceptors (Lipinski definition) is 2. The van der Waals surface area contributed by atoms with Crippen molar-refractivity contribution in [2.24, 2.45) is 5.92 Å². The van der Waals surface area contributed by atoms with Gasteiger partial charge in [-0.25, -0.2) is 4.98 Å². The van der Waals surface area contributed by atoms with E-state index in [0.29, 0.717) is 18.0 Å². The minimum Gasteiger partial charge on any atom is -0.330 e. The lowest BCUT2D eigenvalue weighted by atomic mass is 10.0. The predicted molar refractivity (Wildman–Crippen MR) is 68.7 cm³/mol. The Bertz CT molecular complexity index is 326. The van der Waals surface area contributed by atoms with Crippen LogP contribution in [0.1, 0.15) is 45.1 Å². The second-order valence-corrected chi connectivity index (χ2v) is 5.20. The highest BCUT2D eigenvalue weighted by atomic mass is 15.1. The summed E-state index contributed by atoms with van der Waals surface area (Å²) in [6.07, 6.45) is 1.97. The van der Waals surface area contributed by atoms with E-state index in [0.717, 1.165) is 12.2 Å². The molecule has 3 nitrogen and oxygen atoms in total. The molecule has 1 N–H and O–H groups in total. The zero-order valence-electron chi connectivity index (χ0n) is 11.4. The Balaban J connectivity index is 2.81. The monoisotopic (exact) mass is 223 g/mol. The Morgan fingerprint density at radius 1 is 1.25 bits per heavy atom. The predicted octanol–water partition coefficient (Wildman–Crippen LogP) is 2.70. The molecular formula is C13H25N3. The van der Waals surface area contributed by atoms with E-state index in [1.165, 1.54) is 5.69 Å². The van der Waals surface area contributed by atoms with Crippen LogP contribution in [-0.2, 0) is 0 Å². The quantitative estimate of drug-likeness (QED) is 0.831. The molecule has 1 atom stereocenters. The van der Waals surface area contributed by atoms with Crippen LogP contribution in [0.15, 0.2) is 6.33 Å². The molecule has 1 aromatic rings. The van der Waals surface area contributed by atoms with Crippen molar-refractivity contribution in [1.29, 1.82) is 0 Å². The van der Waals surface area contributed by atoms with Crippen LogP contribution in [0.25, 0.3) is 0 Å². The van der Waals surface area contributed by atoms with Gasteiger partial charge in [0.1, 0.15) is 0 Å². The van der Waals surface area contributed by atoms with Crippen molar-refractivity contribution >= 4 is 0 Å². The zero-order chi connectivity index (χ0) is 12.3. The molecule has 0 bridgehead atoms. The van der Waals surface area contributed by atoms with Crippen molar-refractivity contribution in [3.63, 3.8) is 0 Å². The van der Waals surface area contributed by atoms with Gasteiger partial charge in [-0.2, -0.15) is 0 Å². The summed E-state index contributed by atoms with van der Waals surface area (Å²) in [4.78, 5) is 4.38. The van der Waals surface area contributed by atoms with Crippen molar-refractivity contribution in [3.05, 3.63) is 17.7 Å². The Morgan fingerprint density at radius 2 is 1.88 bits per heavy atom. The fraction of sp³-hybridized carbons (Fsp3) is 0.769. The molecule has 0 aliphatic carbocycles. The standard InChI is InChI=1S/C13H25N3/c1-9(2)13(7-14-10(3)4)16-8-15-11(5)12(16)6/h8-10,13-14H,7H2,1-6H3. The molecule has 0 aliphatic rings. The molecule has 0 fully saturated rings. The molecule has 1 heterocycles. The third kappa shape index (κ3) is 3.08. The zero-order valence-corrected chi connectivity index (χ0v) is 11.4. The summed E-state index contributed by atoms with van der Waals surface area (Å²) in [5.74, 6) is 0.610. The molecule has 0 amide bonds. The highest BCUT2D eigenvalue weighted by molar-refractivity contribution is 5.10. The Morgan fingerprint density at radius 3 is 2.25 bits per heavy atom. The van der Waals surface area contributed by atoms with Crippen LogP contribution in [0.4, 0.5) is 0 Å². The lowest BCUT2D eigenvalue weighted by Gasteiger charge is -2.25. The van der Waals surface area contributed by atoms with Gasteiger partial charge in [0, 0.05) is 24.3 Å². The molecule has 1 aromatic heterocycles. The third-order valence-electron chi connectivity index (χ3n) is 3.15. The average Bonchev–Trinajstić information content (AvgIpc) is 2.49. The van der Waals surface area contributed by atoms with Crippen molar-refractivity contribution in [2.75, 3.05) is 6.54 Å². The highest BCUT2D eigenvalue weighted by Gasteiger charge is 2.17. The van der Waals surface area contributed by atoms with E-state index in [4.69, 9.17) is 0 Å². The molecule has 3 heteroatoms. The molecule has 0 radical (unpaired) electrons. The van der Waals surface area contributed by atoms with E-state index in [9.17, 15) is 0 Å². The number of aromatic nitrogens is 2. The summed E-state index contributed by atoms with van der Waals surface area (Å²) >= 11 is 0. The van der Waals surface area contributed by atoms with Crippen LogP contribution in [0.3, 0.4) is 0 Å². The Labute approximate surface area is 99.3 Å². The largest absolute Gasteiger partial charge is 0.330 e. The molecular weight excluding hydrogens is 198 g/mol. The number of rotatable bonds is 5. The molecule has 0 spiro atoms. The second kappa shape index (κ2) is 5.48. The second-order valence-electron chi connectivity index (χ2n) is 5.20. The minimum atomic E-state index is 0.489. The molecule has 0 saturated carbocycles. The van der Waals surface area contributed by atoms with Crippen LogP contribution >= 0.6 is 0 Å². The first-order valence-corrected chi connectivity index (χ1v) is 6.17. The van der Waals surface area contributed by atoms with Crippen molar-refractivity contribution in [1.82, 2.24) is 14.9 Å². The van der Waals surface area contributed by atoms with Crippen LogP contribution in [0.2, 0.25) is 0 Å². The summed E-state index contributed by atoms with van der Waals surface area (Å²) in [5.41, 5.74) is 2.42. The SMILES string of the molecule is Cc1ncn(C(CNC(C)C)C(C)C)c1C. The van der Waals surface area contributed by atoms with E-state index in [2.05, 4.69) is 56.4 Å². The van der Waals surface area contributed by atoms with E-state index >= 15 is 0 Å². The van der Waals surface area contributed by atoms with Crippen molar-refractivity contribution in [3.8, 4) is 0 Å². The maximum atomic E-state index is 4.38. The molecule has 1 rings (SSSR count). The summed E-state index contributed by atoms with van der Waals surface area (Å²) in [6, 6.07) is 1.02. The van der Waals surface area contributed by atoms with Gasteiger partial charge in [0.05, 0.1) is 12.0 Å². The van der Waals surface area contributed by atoms with Gasteiger partial charge < -0.3 is 9.88 Å². The maximum Gasteiger partial charge on any atom is 0.0954 e. The van der Waals surface area contributed by atoms with E-state index in [1.54, 1.807) is 0 Å². The van der Waals surface area contributed by atoms with Gasteiger partial charge >= 0.3 is 0 Å². The molecule has 0 aromatic carbocycles. The third-order valence-corrected chi connectivity index (χ3v) is 3.15. The molecule has 0 saturated heterocycles. The van der Waals surface area contributed by atoms with Crippen LogP contribution in [-0.4, -0.2) is 22.1 Å². The average molecular weight is 223 g/mol. The first-order valence-electron chi connectivity index (χ1n) is 6.17. The molecule has 1 unspecified atom stereocenters. The van der Waals surface area contributed by atoms with E-state index in [-0.39, 0.29) is 0 Å². The number of hydrogen-bond donors (Lipinski definition) is 1. The van der Waals surface area contributed by atoms with Crippen LogP contribution < -0.4 is 5.32 Å². The fourth-order valence-corrected chi connectivity index (χ4v) is 1.86. The van der Waals surface area contributed by atoms with Gasteiger partial charge in [0.2, 0.25) is 0 Å². The summed E-state index contributed by atoms with van der Waals surface area (Å²) in [6.45, 7) is 14.1. The molecule has 16 heavy (non-hydrogen) atoms. The maximum absolute atomic E-state index is 4.38. The van der Waals surface area contributed by atoms with Gasteiger partial charge in [0.15, 0.2) is 0 Å². The lowest BCUT2D eigenvalue weighted by Crippen LogP contribution is -2.33. The van der Waals surface area contributed by atoms with Gasteiger partial charge in [-0.05, 0) is 19.8 Å². The minimum absolute atomic E-state index is 0.489. The highest BCUT2D eigenvalue weighted by Crippen LogP contribution is 2.20. The van der Waals surface area contributed by atoms with Gasteiger partial charge in [-0.15, -0.1) is 0 Å². The first kappa shape index (κ1) is 13.2. The normalized spacial score (nSPS) is 13.8. The molecule has 92 valence electrons. The number of imidazole rings is 1. The van der Waals surface area contributed by atoms with Gasteiger partial charge in [-0.1, -0.05) is 27.7 Å². The fourth-order valence-electron chi connectivity index (χ4n) is 1.86. The summed E-state index contributed by atoms with van der Waals surface area (Å²) in [5, 5.41) is 3.51. The Kier molecular flexibility index (Phi) is 4.54. The smallest absolute Gasteiger partial charge is 0.0954 e. The number of nitrogens with one attached hydrogen (secondary N) is 1.